The van der Waals surface area contributed by atoms with Crippen LogP contribution in [0.5, 0.6) is 0 Å². The van der Waals surface area contributed by atoms with Crippen molar-refractivity contribution >= 4 is 17.5 Å². The quantitative estimate of drug-likeness (QED) is 0.721. The van der Waals surface area contributed by atoms with E-state index in [9.17, 15) is 9.59 Å². The molecular formula is C16H25N3O2. The fourth-order valence-electron chi connectivity index (χ4n) is 2.11. The largest absolute Gasteiger partial charge is 0.399 e. The second-order valence-corrected chi connectivity index (χ2v) is 5.21. The zero-order valence-corrected chi connectivity index (χ0v) is 12.9. The van der Waals surface area contributed by atoms with E-state index in [-0.39, 0.29) is 11.5 Å². The zero-order valence-electron chi connectivity index (χ0n) is 12.9. The maximum absolute atomic E-state index is 12.6. The molecule has 0 aliphatic rings. The monoisotopic (exact) mass is 291 g/mol. The zero-order chi connectivity index (χ0) is 15.8. The van der Waals surface area contributed by atoms with Crippen molar-refractivity contribution in [3.05, 3.63) is 29.3 Å². The van der Waals surface area contributed by atoms with Gasteiger partial charge in [-0.2, -0.15) is 0 Å². The molecule has 0 aliphatic heterocycles. The third-order valence-electron chi connectivity index (χ3n) is 3.34. The lowest BCUT2D eigenvalue weighted by atomic mass is 10.1. The minimum atomic E-state index is -0.579. The first kappa shape index (κ1) is 17.0. The maximum atomic E-state index is 12.6. The number of benzene rings is 1. The third-order valence-corrected chi connectivity index (χ3v) is 3.34. The summed E-state index contributed by atoms with van der Waals surface area (Å²) in [6, 6.07) is 4.60. The van der Waals surface area contributed by atoms with Crippen LogP contribution < -0.4 is 11.5 Å². The Morgan fingerprint density at radius 3 is 2.00 bits per heavy atom. The van der Waals surface area contributed by atoms with Crippen LogP contribution in [-0.4, -0.2) is 29.8 Å². The molecule has 2 amide bonds. The Hall–Kier alpha value is -2.04. The topological polar surface area (TPSA) is 89.4 Å². The lowest BCUT2D eigenvalue weighted by Crippen LogP contribution is -2.33. The molecule has 0 atom stereocenters. The fourth-order valence-corrected chi connectivity index (χ4v) is 2.11. The SMILES string of the molecule is CCCCN(CCCC)C(=O)c1cc(N)cc(C(N)=O)c1. The molecular weight excluding hydrogens is 266 g/mol. The average molecular weight is 291 g/mol. The van der Waals surface area contributed by atoms with E-state index in [1.54, 1.807) is 6.07 Å². The number of carbonyl (C=O) groups excluding carboxylic acids is 2. The lowest BCUT2D eigenvalue weighted by molar-refractivity contribution is 0.0751. The number of amides is 2. The van der Waals surface area contributed by atoms with Gasteiger partial charge in [0.05, 0.1) is 0 Å². The summed E-state index contributed by atoms with van der Waals surface area (Å²) in [7, 11) is 0. The molecule has 1 aromatic rings. The number of anilines is 1. The van der Waals surface area contributed by atoms with Gasteiger partial charge in [-0.1, -0.05) is 26.7 Å². The number of nitrogen functional groups attached to an aromatic ring is 1. The van der Waals surface area contributed by atoms with E-state index in [2.05, 4.69) is 13.8 Å². The molecule has 0 heterocycles. The second kappa shape index (κ2) is 8.29. The summed E-state index contributed by atoms with van der Waals surface area (Å²) in [6.45, 7) is 5.62. The molecule has 0 aromatic heterocycles. The Balaban J connectivity index is 2.98. The van der Waals surface area contributed by atoms with Crippen molar-refractivity contribution in [2.45, 2.75) is 39.5 Å². The van der Waals surface area contributed by atoms with Crippen LogP contribution in [0.2, 0.25) is 0 Å². The molecule has 0 fully saturated rings. The van der Waals surface area contributed by atoms with Gasteiger partial charge in [-0.15, -0.1) is 0 Å². The first-order valence-corrected chi connectivity index (χ1v) is 7.49. The average Bonchev–Trinajstić information content (AvgIpc) is 2.46. The fraction of sp³-hybridized carbons (Fsp3) is 0.500. The van der Waals surface area contributed by atoms with Crippen molar-refractivity contribution in [3.8, 4) is 0 Å². The number of unbranched alkanes of at least 4 members (excludes halogenated alkanes) is 2. The molecule has 0 bridgehead atoms. The highest BCUT2D eigenvalue weighted by Gasteiger charge is 2.17. The van der Waals surface area contributed by atoms with Gasteiger partial charge in [0, 0.05) is 29.9 Å². The summed E-state index contributed by atoms with van der Waals surface area (Å²) >= 11 is 0. The van der Waals surface area contributed by atoms with Crippen LogP contribution in [0.25, 0.3) is 0 Å². The van der Waals surface area contributed by atoms with Crippen LogP contribution >= 0.6 is 0 Å². The van der Waals surface area contributed by atoms with Crippen LogP contribution in [0.3, 0.4) is 0 Å². The molecule has 116 valence electrons. The summed E-state index contributed by atoms with van der Waals surface area (Å²) in [4.78, 5) is 25.7. The van der Waals surface area contributed by atoms with Gasteiger partial charge in [-0.05, 0) is 31.0 Å². The standard InChI is InChI=1S/C16H25N3O2/c1-3-5-7-19(8-6-4-2)16(21)13-9-12(15(18)20)10-14(17)11-13/h9-11H,3-8,17H2,1-2H3,(H2,18,20). The summed E-state index contributed by atoms with van der Waals surface area (Å²) in [6.07, 6.45) is 3.97. The minimum absolute atomic E-state index is 0.0910. The van der Waals surface area contributed by atoms with E-state index >= 15 is 0 Å². The summed E-state index contributed by atoms with van der Waals surface area (Å²) < 4.78 is 0. The van der Waals surface area contributed by atoms with E-state index in [0.29, 0.717) is 11.3 Å². The smallest absolute Gasteiger partial charge is 0.253 e. The predicted molar refractivity (Wildman–Crippen MR) is 85.1 cm³/mol. The number of nitrogens with zero attached hydrogens (tertiary/aromatic N) is 1. The Kier molecular flexibility index (Phi) is 6.72. The van der Waals surface area contributed by atoms with Crippen LogP contribution in [0, 0.1) is 0 Å². The van der Waals surface area contributed by atoms with Crippen LogP contribution in [-0.2, 0) is 0 Å². The number of hydrogen-bond donors (Lipinski definition) is 2. The van der Waals surface area contributed by atoms with E-state index in [4.69, 9.17) is 11.5 Å². The van der Waals surface area contributed by atoms with Gasteiger partial charge in [0.25, 0.3) is 5.91 Å². The predicted octanol–water partition coefficient (Wildman–Crippen LogP) is 2.41. The molecule has 0 unspecified atom stereocenters. The second-order valence-electron chi connectivity index (χ2n) is 5.21. The minimum Gasteiger partial charge on any atom is -0.399 e. The van der Waals surface area contributed by atoms with Crippen molar-refractivity contribution in [1.82, 2.24) is 4.90 Å². The molecule has 1 rings (SSSR count). The molecule has 21 heavy (non-hydrogen) atoms. The summed E-state index contributed by atoms with van der Waals surface area (Å²) in [5.41, 5.74) is 12.1. The molecule has 0 saturated carbocycles. The molecule has 0 radical (unpaired) electrons. The number of rotatable bonds is 8. The van der Waals surface area contributed by atoms with E-state index in [1.807, 2.05) is 4.90 Å². The van der Waals surface area contributed by atoms with Crippen LogP contribution in [0.4, 0.5) is 5.69 Å². The number of hydrogen-bond acceptors (Lipinski definition) is 3. The van der Waals surface area contributed by atoms with Crippen LogP contribution in [0.1, 0.15) is 60.2 Å². The van der Waals surface area contributed by atoms with Gasteiger partial charge in [0.2, 0.25) is 5.91 Å². The van der Waals surface area contributed by atoms with E-state index in [0.717, 1.165) is 38.8 Å². The maximum Gasteiger partial charge on any atom is 0.253 e. The highest BCUT2D eigenvalue weighted by atomic mass is 16.2. The van der Waals surface area contributed by atoms with Gasteiger partial charge in [0.1, 0.15) is 0 Å². The lowest BCUT2D eigenvalue weighted by Gasteiger charge is -2.23. The van der Waals surface area contributed by atoms with Gasteiger partial charge in [-0.25, -0.2) is 0 Å². The van der Waals surface area contributed by atoms with Gasteiger partial charge < -0.3 is 16.4 Å². The Morgan fingerprint density at radius 1 is 1.00 bits per heavy atom. The number of nitrogens with two attached hydrogens (primary N) is 2. The summed E-state index contributed by atoms with van der Waals surface area (Å²) in [5.74, 6) is -0.670. The van der Waals surface area contributed by atoms with Crippen molar-refractivity contribution in [1.29, 1.82) is 0 Å². The highest BCUT2D eigenvalue weighted by molar-refractivity contribution is 6.00. The highest BCUT2D eigenvalue weighted by Crippen LogP contribution is 2.15. The molecule has 4 N–H and O–H groups in total. The van der Waals surface area contributed by atoms with Crippen molar-refractivity contribution in [2.24, 2.45) is 5.73 Å². The van der Waals surface area contributed by atoms with Crippen molar-refractivity contribution in [3.63, 3.8) is 0 Å². The Morgan fingerprint density at radius 2 is 1.52 bits per heavy atom. The molecule has 5 heteroatoms. The number of carbonyl (C=O) groups is 2. The Labute approximate surface area is 126 Å². The van der Waals surface area contributed by atoms with E-state index in [1.165, 1.54) is 12.1 Å². The molecule has 0 saturated heterocycles. The van der Waals surface area contributed by atoms with Crippen molar-refractivity contribution < 1.29 is 9.59 Å². The van der Waals surface area contributed by atoms with Crippen molar-refractivity contribution in [2.75, 3.05) is 18.8 Å². The van der Waals surface area contributed by atoms with Gasteiger partial charge in [0.15, 0.2) is 0 Å². The normalized spacial score (nSPS) is 10.4. The van der Waals surface area contributed by atoms with Crippen LogP contribution in [0.15, 0.2) is 18.2 Å². The molecule has 1 aromatic carbocycles. The first-order chi connectivity index (χ1) is 9.99. The Bertz CT molecular complexity index is 492. The van der Waals surface area contributed by atoms with Gasteiger partial charge in [-0.3, -0.25) is 9.59 Å². The summed E-state index contributed by atoms with van der Waals surface area (Å²) in [5, 5.41) is 0. The van der Waals surface area contributed by atoms with E-state index < -0.39 is 5.91 Å². The third kappa shape index (κ3) is 5.10. The molecule has 0 spiro atoms. The molecule has 5 nitrogen and oxygen atoms in total. The number of primary amides is 1. The van der Waals surface area contributed by atoms with Gasteiger partial charge >= 0.3 is 0 Å². The molecule has 0 aliphatic carbocycles. The first-order valence-electron chi connectivity index (χ1n) is 7.49.